The van der Waals surface area contributed by atoms with Gasteiger partial charge in [0.15, 0.2) is 0 Å². The average molecular weight is 194 g/mol. The maximum absolute atomic E-state index is 5.74. The van der Waals surface area contributed by atoms with Crippen molar-refractivity contribution in [2.24, 2.45) is 22.0 Å². The first-order chi connectivity index (χ1) is 6.88. The second kappa shape index (κ2) is 3.19. The molecule has 2 aliphatic carbocycles. The van der Waals surface area contributed by atoms with E-state index < -0.39 is 0 Å². The molecule has 78 valence electrons. The fourth-order valence-corrected chi connectivity index (χ4v) is 2.72. The molecule has 0 aromatic carbocycles. The summed E-state index contributed by atoms with van der Waals surface area (Å²) in [5.74, 6) is 0.709. The number of hydrogen-bond donors (Lipinski definition) is 1. The Hall–Kier alpha value is -0.640. The van der Waals surface area contributed by atoms with E-state index in [4.69, 9.17) is 5.73 Å². The summed E-state index contributed by atoms with van der Waals surface area (Å²) in [7, 11) is 0. The predicted molar refractivity (Wildman–Crippen MR) is 53.7 cm³/mol. The summed E-state index contributed by atoms with van der Waals surface area (Å²) in [5.41, 5.74) is 5.74. The van der Waals surface area contributed by atoms with E-state index in [1.807, 2.05) is 0 Å². The molecule has 0 bridgehead atoms. The van der Waals surface area contributed by atoms with Crippen molar-refractivity contribution in [1.82, 2.24) is 5.01 Å². The summed E-state index contributed by atoms with van der Waals surface area (Å²) in [6.45, 7) is 0.835. The Morgan fingerprint density at radius 1 is 1.21 bits per heavy atom. The van der Waals surface area contributed by atoms with Gasteiger partial charge in [-0.3, -0.25) is 5.01 Å². The fourth-order valence-electron chi connectivity index (χ4n) is 2.72. The summed E-state index contributed by atoms with van der Waals surface area (Å²) >= 11 is 0. The molecule has 3 atom stereocenters. The van der Waals surface area contributed by atoms with Crippen molar-refractivity contribution < 1.29 is 0 Å². The van der Waals surface area contributed by atoms with Crippen molar-refractivity contribution in [3.05, 3.63) is 0 Å². The summed E-state index contributed by atoms with van der Waals surface area (Å²) in [6.07, 6.45) is 6.28. The Labute approximate surface area is 84.5 Å². The van der Waals surface area contributed by atoms with Gasteiger partial charge in [0.2, 0.25) is 0 Å². The average Bonchev–Trinajstić information content (AvgIpc) is 2.98. The quantitative estimate of drug-likeness (QED) is 0.721. The molecule has 4 nitrogen and oxygen atoms in total. The molecule has 2 saturated carbocycles. The van der Waals surface area contributed by atoms with Crippen LogP contribution >= 0.6 is 0 Å². The lowest BCUT2D eigenvalue weighted by atomic mass is 9.82. The molecule has 1 aliphatic heterocycles. The van der Waals surface area contributed by atoms with E-state index in [0.717, 1.165) is 6.54 Å². The van der Waals surface area contributed by atoms with E-state index in [9.17, 15) is 0 Å². The van der Waals surface area contributed by atoms with Crippen LogP contribution < -0.4 is 5.73 Å². The normalized spacial score (nSPS) is 41.5. The van der Waals surface area contributed by atoms with Gasteiger partial charge in [-0.05, 0) is 44.6 Å². The van der Waals surface area contributed by atoms with Crippen molar-refractivity contribution in [2.75, 3.05) is 6.54 Å². The maximum atomic E-state index is 5.74. The first-order valence-electron chi connectivity index (χ1n) is 5.77. The van der Waals surface area contributed by atoms with Gasteiger partial charge in [-0.2, -0.15) is 5.11 Å². The smallest absolute Gasteiger partial charge is 0.0950 e. The lowest BCUT2D eigenvalue weighted by molar-refractivity contribution is 0.148. The number of nitrogens with two attached hydrogens (primary N) is 1. The van der Waals surface area contributed by atoms with Crippen LogP contribution in [0.3, 0.4) is 0 Å². The molecule has 2 N–H and O–H groups in total. The second-order valence-electron chi connectivity index (χ2n) is 4.87. The standard InChI is InChI=1S/C10H18N4/c11-6-7-1-4-9-10(5-7)14(13-12-9)8-2-3-8/h7-10H,1-6,11H2. The topological polar surface area (TPSA) is 54.0 Å². The summed E-state index contributed by atoms with van der Waals surface area (Å²) < 4.78 is 0. The third kappa shape index (κ3) is 1.32. The highest BCUT2D eigenvalue weighted by Crippen LogP contribution is 2.40. The SMILES string of the molecule is NCC1CCC2N=NN(C3CC3)C2C1. The molecule has 0 saturated heterocycles. The fraction of sp³-hybridized carbons (Fsp3) is 1.00. The molecule has 4 heteroatoms. The zero-order chi connectivity index (χ0) is 9.54. The number of hydrogen-bond acceptors (Lipinski definition) is 4. The van der Waals surface area contributed by atoms with Crippen LogP contribution in [-0.2, 0) is 0 Å². The van der Waals surface area contributed by atoms with Crippen LogP contribution in [0.25, 0.3) is 0 Å². The highest BCUT2D eigenvalue weighted by atomic mass is 15.6. The van der Waals surface area contributed by atoms with Gasteiger partial charge in [0.05, 0.1) is 12.1 Å². The summed E-state index contributed by atoms with van der Waals surface area (Å²) in [5, 5.41) is 11.0. The molecule has 0 aromatic rings. The lowest BCUT2D eigenvalue weighted by Gasteiger charge is -2.33. The summed E-state index contributed by atoms with van der Waals surface area (Å²) in [6, 6.07) is 1.79. The number of nitrogens with zero attached hydrogens (tertiary/aromatic N) is 3. The zero-order valence-electron chi connectivity index (χ0n) is 8.47. The molecule has 0 amide bonds. The molecule has 3 rings (SSSR count). The lowest BCUT2D eigenvalue weighted by Crippen LogP contribution is -2.42. The minimum Gasteiger partial charge on any atom is -0.330 e. The Morgan fingerprint density at radius 2 is 2.07 bits per heavy atom. The highest BCUT2D eigenvalue weighted by Gasteiger charge is 2.43. The van der Waals surface area contributed by atoms with E-state index in [1.54, 1.807) is 0 Å². The maximum Gasteiger partial charge on any atom is 0.0950 e. The van der Waals surface area contributed by atoms with Crippen molar-refractivity contribution in [1.29, 1.82) is 0 Å². The van der Waals surface area contributed by atoms with Crippen LogP contribution in [0.5, 0.6) is 0 Å². The van der Waals surface area contributed by atoms with Crippen LogP contribution in [0.15, 0.2) is 10.3 Å². The molecule has 3 aliphatic rings. The minimum atomic E-state index is 0.485. The van der Waals surface area contributed by atoms with Gasteiger partial charge in [0.25, 0.3) is 0 Å². The van der Waals surface area contributed by atoms with Gasteiger partial charge in [-0.1, -0.05) is 5.22 Å². The molecule has 14 heavy (non-hydrogen) atoms. The van der Waals surface area contributed by atoms with Gasteiger partial charge in [-0.15, -0.1) is 0 Å². The van der Waals surface area contributed by atoms with Gasteiger partial charge in [0.1, 0.15) is 0 Å². The highest BCUT2D eigenvalue weighted by molar-refractivity contribution is 4.98. The van der Waals surface area contributed by atoms with Gasteiger partial charge < -0.3 is 5.73 Å². The van der Waals surface area contributed by atoms with Crippen LogP contribution in [-0.4, -0.2) is 29.7 Å². The van der Waals surface area contributed by atoms with Gasteiger partial charge in [-0.25, -0.2) is 0 Å². The second-order valence-corrected chi connectivity index (χ2v) is 4.87. The molecule has 0 radical (unpaired) electrons. The molecule has 2 fully saturated rings. The third-order valence-corrected chi connectivity index (χ3v) is 3.79. The first-order valence-corrected chi connectivity index (χ1v) is 5.77. The van der Waals surface area contributed by atoms with Crippen molar-refractivity contribution in [3.8, 4) is 0 Å². The van der Waals surface area contributed by atoms with E-state index >= 15 is 0 Å². The molecular formula is C10H18N4. The Kier molecular flexibility index (Phi) is 1.97. The molecular weight excluding hydrogens is 176 g/mol. The monoisotopic (exact) mass is 194 g/mol. The van der Waals surface area contributed by atoms with E-state index in [-0.39, 0.29) is 0 Å². The predicted octanol–water partition coefficient (Wildman–Crippen LogP) is 1.33. The van der Waals surface area contributed by atoms with Crippen LogP contribution in [0.2, 0.25) is 0 Å². The van der Waals surface area contributed by atoms with Gasteiger partial charge >= 0.3 is 0 Å². The Morgan fingerprint density at radius 3 is 2.79 bits per heavy atom. The number of fused-ring (bicyclic) bond motifs is 1. The van der Waals surface area contributed by atoms with Crippen LogP contribution in [0, 0.1) is 5.92 Å². The Balaban J connectivity index is 1.70. The van der Waals surface area contributed by atoms with Crippen molar-refractivity contribution in [3.63, 3.8) is 0 Å². The minimum absolute atomic E-state index is 0.485. The molecule has 1 heterocycles. The van der Waals surface area contributed by atoms with E-state index in [0.29, 0.717) is 24.0 Å². The summed E-state index contributed by atoms with van der Waals surface area (Å²) in [4.78, 5) is 0. The van der Waals surface area contributed by atoms with E-state index in [1.165, 1.54) is 32.1 Å². The van der Waals surface area contributed by atoms with E-state index in [2.05, 4.69) is 15.3 Å². The van der Waals surface area contributed by atoms with Gasteiger partial charge in [0, 0.05) is 6.04 Å². The van der Waals surface area contributed by atoms with Crippen LogP contribution in [0.4, 0.5) is 0 Å². The largest absolute Gasteiger partial charge is 0.330 e. The number of rotatable bonds is 2. The third-order valence-electron chi connectivity index (χ3n) is 3.79. The Bertz CT molecular complexity index is 249. The van der Waals surface area contributed by atoms with Crippen LogP contribution in [0.1, 0.15) is 32.1 Å². The molecule has 0 spiro atoms. The van der Waals surface area contributed by atoms with Crippen molar-refractivity contribution in [2.45, 2.75) is 50.2 Å². The zero-order valence-corrected chi connectivity index (χ0v) is 8.47. The molecule has 0 aromatic heterocycles. The first kappa shape index (κ1) is 8.65. The molecule has 3 unspecified atom stereocenters. The van der Waals surface area contributed by atoms with Crippen molar-refractivity contribution >= 4 is 0 Å².